The van der Waals surface area contributed by atoms with Crippen molar-refractivity contribution in [1.82, 2.24) is 10.3 Å². The van der Waals surface area contributed by atoms with Gasteiger partial charge >= 0.3 is 12.0 Å². The predicted octanol–water partition coefficient (Wildman–Crippen LogP) is 3.03. The summed E-state index contributed by atoms with van der Waals surface area (Å²) in [5.41, 5.74) is 1.15. The molecule has 0 fully saturated rings. The van der Waals surface area contributed by atoms with Crippen molar-refractivity contribution in [3.63, 3.8) is 0 Å². The predicted molar refractivity (Wildman–Crippen MR) is 80.8 cm³/mol. The van der Waals surface area contributed by atoms with Crippen LogP contribution in [0.5, 0.6) is 0 Å². The second kappa shape index (κ2) is 6.36. The number of benzene rings is 1. The molecule has 0 aliphatic rings. The van der Waals surface area contributed by atoms with E-state index in [0.29, 0.717) is 11.3 Å². The van der Waals surface area contributed by atoms with Crippen LogP contribution < -0.4 is 10.6 Å². The zero-order valence-corrected chi connectivity index (χ0v) is 12.4. The number of urea groups is 1. The van der Waals surface area contributed by atoms with E-state index in [4.69, 9.17) is 5.11 Å². The van der Waals surface area contributed by atoms with E-state index in [-0.39, 0.29) is 11.6 Å². The summed E-state index contributed by atoms with van der Waals surface area (Å²) in [5, 5.41) is 17.1. The van der Waals surface area contributed by atoms with Gasteiger partial charge in [-0.1, -0.05) is 6.07 Å². The monoisotopic (exact) mass is 305 g/mol. The molecule has 7 heteroatoms. The van der Waals surface area contributed by atoms with E-state index in [1.807, 2.05) is 12.3 Å². The lowest BCUT2D eigenvalue weighted by Gasteiger charge is -2.14. The lowest BCUT2D eigenvalue weighted by atomic mass is 10.1. The van der Waals surface area contributed by atoms with Gasteiger partial charge in [0.15, 0.2) is 0 Å². The van der Waals surface area contributed by atoms with E-state index in [2.05, 4.69) is 15.6 Å². The Balaban J connectivity index is 2.06. The first-order valence-electron chi connectivity index (χ1n) is 6.29. The van der Waals surface area contributed by atoms with Crippen LogP contribution in [0.2, 0.25) is 0 Å². The standard InChI is InChI=1S/C14H15N3O3S/c1-8-10(13(18)19)4-3-5-11(8)17-14(20)16-9(2)12-15-6-7-21-12/h3-7,9H,1-2H3,(H,18,19)(H2,16,17,20). The van der Waals surface area contributed by atoms with E-state index >= 15 is 0 Å². The number of carbonyl (C=O) groups excluding carboxylic acids is 1. The van der Waals surface area contributed by atoms with Gasteiger partial charge < -0.3 is 15.7 Å². The number of nitrogens with one attached hydrogen (secondary N) is 2. The van der Waals surface area contributed by atoms with E-state index in [9.17, 15) is 9.59 Å². The van der Waals surface area contributed by atoms with Crippen LogP contribution in [-0.2, 0) is 0 Å². The average Bonchev–Trinajstić information content (AvgIpc) is 2.94. The van der Waals surface area contributed by atoms with Gasteiger partial charge in [0.25, 0.3) is 0 Å². The summed E-state index contributed by atoms with van der Waals surface area (Å²) in [5.74, 6) is -1.02. The van der Waals surface area contributed by atoms with Gasteiger partial charge in [0.05, 0.1) is 11.6 Å². The van der Waals surface area contributed by atoms with Crippen LogP contribution in [0.3, 0.4) is 0 Å². The summed E-state index contributed by atoms with van der Waals surface area (Å²) in [6.07, 6.45) is 1.68. The zero-order chi connectivity index (χ0) is 15.4. The largest absolute Gasteiger partial charge is 0.478 e. The molecule has 0 aliphatic carbocycles. The molecule has 1 atom stereocenters. The second-order valence-corrected chi connectivity index (χ2v) is 5.40. The van der Waals surface area contributed by atoms with Crippen molar-refractivity contribution in [1.29, 1.82) is 0 Å². The number of aromatic nitrogens is 1. The van der Waals surface area contributed by atoms with Gasteiger partial charge in [0, 0.05) is 17.3 Å². The Morgan fingerprint density at radius 2 is 2.14 bits per heavy atom. The molecular weight excluding hydrogens is 290 g/mol. The number of carboxylic acid groups (broad SMARTS) is 1. The number of carbonyl (C=O) groups is 2. The molecule has 1 aromatic heterocycles. The third kappa shape index (κ3) is 3.57. The topological polar surface area (TPSA) is 91.3 Å². The molecule has 0 bridgehead atoms. The van der Waals surface area contributed by atoms with Gasteiger partial charge in [-0.15, -0.1) is 11.3 Å². The highest BCUT2D eigenvalue weighted by molar-refractivity contribution is 7.09. The van der Waals surface area contributed by atoms with Crippen molar-refractivity contribution in [3.8, 4) is 0 Å². The normalized spacial score (nSPS) is 11.7. The fourth-order valence-corrected chi connectivity index (χ4v) is 2.51. The molecule has 1 heterocycles. The molecule has 0 saturated carbocycles. The fraction of sp³-hybridized carbons (Fsp3) is 0.214. The number of thiazole rings is 1. The molecule has 2 amide bonds. The highest BCUT2D eigenvalue weighted by atomic mass is 32.1. The molecule has 3 N–H and O–H groups in total. The Morgan fingerprint density at radius 1 is 1.38 bits per heavy atom. The SMILES string of the molecule is Cc1c(NC(=O)NC(C)c2nccs2)cccc1C(=O)O. The minimum absolute atomic E-state index is 0.167. The van der Waals surface area contributed by atoms with Crippen LogP contribution in [0.25, 0.3) is 0 Å². The molecule has 2 aromatic rings. The van der Waals surface area contributed by atoms with E-state index in [0.717, 1.165) is 5.01 Å². The van der Waals surface area contributed by atoms with Gasteiger partial charge in [-0.05, 0) is 31.5 Å². The number of carboxylic acids is 1. The first kappa shape index (κ1) is 15.0. The summed E-state index contributed by atoms with van der Waals surface area (Å²) >= 11 is 1.46. The minimum atomic E-state index is -1.02. The molecular formula is C14H15N3O3S. The molecule has 0 saturated heterocycles. The summed E-state index contributed by atoms with van der Waals surface area (Å²) in [6, 6.07) is 4.14. The zero-order valence-electron chi connectivity index (χ0n) is 11.6. The summed E-state index contributed by atoms with van der Waals surface area (Å²) < 4.78 is 0. The van der Waals surface area contributed by atoms with Crippen LogP contribution in [0.4, 0.5) is 10.5 Å². The molecule has 21 heavy (non-hydrogen) atoms. The Morgan fingerprint density at radius 3 is 2.76 bits per heavy atom. The van der Waals surface area contributed by atoms with Crippen LogP contribution >= 0.6 is 11.3 Å². The molecule has 1 aromatic carbocycles. The average molecular weight is 305 g/mol. The molecule has 0 radical (unpaired) electrons. The maximum absolute atomic E-state index is 12.0. The molecule has 0 aliphatic heterocycles. The lowest BCUT2D eigenvalue weighted by Crippen LogP contribution is -2.31. The van der Waals surface area contributed by atoms with Crippen molar-refractivity contribution in [2.75, 3.05) is 5.32 Å². The Kier molecular flexibility index (Phi) is 4.54. The maximum atomic E-state index is 12.0. The van der Waals surface area contributed by atoms with Crippen LogP contribution in [-0.4, -0.2) is 22.1 Å². The number of hydrogen-bond acceptors (Lipinski definition) is 4. The molecule has 110 valence electrons. The van der Waals surface area contributed by atoms with Gasteiger partial charge in [-0.25, -0.2) is 14.6 Å². The molecule has 6 nitrogen and oxygen atoms in total. The van der Waals surface area contributed by atoms with Gasteiger partial charge in [-0.2, -0.15) is 0 Å². The Bertz CT molecular complexity index is 655. The van der Waals surface area contributed by atoms with E-state index in [1.165, 1.54) is 17.4 Å². The number of nitrogens with zero attached hydrogens (tertiary/aromatic N) is 1. The fourth-order valence-electron chi connectivity index (χ4n) is 1.87. The summed E-state index contributed by atoms with van der Waals surface area (Å²) in [6.45, 7) is 3.49. The van der Waals surface area contributed by atoms with E-state index < -0.39 is 12.0 Å². The highest BCUT2D eigenvalue weighted by Crippen LogP contribution is 2.20. The summed E-state index contributed by atoms with van der Waals surface area (Å²) in [4.78, 5) is 27.1. The van der Waals surface area contributed by atoms with Gasteiger partial charge in [0.1, 0.15) is 5.01 Å². The third-order valence-corrected chi connectivity index (χ3v) is 3.94. The second-order valence-electron chi connectivity index (χ2n) is 4.47. The van der Waals surface area contributed by atoms with Crippen LogP contribution in [0.15, 0.2) is 29.8 Å². The molecule has 0 spiro atoms. The number of amides is 2. The first-order chi connectivity index (χ1) is 9.99. The van der Waals surface area contributed by atoms with Crippen molar-refractivity contribution in [2.24, 2.45) is 0 Å². The van der Waals surface area contributed by atoms with Gasteiger partial charge in [-0.3, -0.25) is 0 Å². The maximum Gasteiger partial charge on any atom is 0.336 e. The van der Waals surface area contributed by atoms with Crippen molar-refractivity contribution in [2.45, 2.75) is 19.9 Å². The number of rotatable bonds is 4. The van der Waals surface area contributed by atoms with Crippen molar-refractivity contribution < 1.29 is 14.7 Å². The first-order valence-corrected chi connectivity index (χ1v) is 7.17. The Labute approximate surface area is 125 Å². The summed E-state index contributed by atoms with van der Waals surface area (Å²) in [7, 11) is 0. The minimum Gasteiger partial charge on any atom is -0.478 e. The van der Waals surface area contributed by atoms with E-state index in [1.54, 1.807) is 25.3 Å². The highest BCUT2D eigenvalue weighted by Gasteiger charge is 2.14. The number of anilines is 1. The van der Waals surface area contributed by atoms with Crippen molar-refractivity contribution >= 4 is 29.0 Å². The van der Waals surface area contributed by atoms with Crippen LogP contribution in [0, 0.1) is 6.92 Å². The van der Waals surface area contributed by atoms with Crippen molar-refractivity contribution in [3.05, 3.63) is 45.9 Å². The molecule has 2 rings (SSSR count). The molecule has 1 unspecified atom stereocenters. The third-order valence-electron chi connectivity index (χ3n) is 2.98. The smallest absolute Gasteiger partial charge is 0.336 e. The lowest BCUT2D eigenvalue weighted by molar-refractivity contribution is 0.0696. The quantitative estimate of drug-likeness (QED) is 0.809. The number of aromatic carboxylic acids is 1. The number of hydrogen-bond donors (Lipinski definition) is 3. The van der Waals surface area contributed by atoms with Crippen LogP contribution in [0.1, 0.15) is 33.9 Å². The van der Waals surface area contributed by atoms with Gasteiger partial charge in [0.2, 0.25) is 0 Å². The Hall–Kier alpha value is -2.41.